The van der Waals surface area contributed by atoms with Gasteiger partial charge in [0.05, 0.1) is 6.10 Å². The maximum Gasteiger partial charge on any atom is 0.269 e. The number of fused-ring (bicyclic) bond motifs is 1. The molecular formula is C30H42F2O. The number of allylic oxidation sites excluding steroid dienone is 5. The van der Waals surface area contributed by atoms with Gasteiger partial charge in [-0.2, -0.15) is 0 Å². The molecule has 0 radical (unpaired) electrons. The fourth-order valence-corrected chi connectivity index (χ4v) is 3.62. The average Bonchev–Trinajstić information content (AvgIpc) is 2.83. The van der Waals surface area contributed by atoms with Gasteiger partial charge < -0.3 is 5.11 Å². The molecule has 2 atom stereocenters. The molecule has 33 heavy (non-hydrogen) atoms. The third kappa shape index (κ3) is 9.93. The molecule has 0 heterocycles. The predicted octanol–water partition coefficient (Wildman–Crippen LogP) is 8.97. The van der Waals surface area contributed by atoms with Crippen LogP contribution in [0.25, 0.3) is 0 Å². The van der Waals surface area contributed by atoms with Crippen molar-refractivity contribution >= 4 is 0 Å². The van der Waals surface area contributed by atoms with Gasteiger partial charge >= 0.3 is 0 Å². The Morgan fingerprint density at radius 1 is 1.06 bits per heavy atom. The van der Waals surface area contributed by atoms with Crippen molar-refractivity contribution in [1.82, 2.24) is 0 Å². The summed E-state index contributed by atoms with van der Waals surface area (Å²) in [6, 6.07) is 7.67. The Morgan fingerprint density at radius 2 is 1.73 bits per heavy atom. The zero-order valence-corrected chi connectivity index (χ0v) is 21.1. The molecule has 2 aliphatic rings. The molecule has 2 unspecified atom stereocenters. The van der Waals surface area contributed by atoms with Crippen LogP contribution in [0.15, 0.2) is 72.9 Å². The van der Waals surface area contributed by atoms with E-state index in [2.05, 4.69) is 25.0 Å². The minimum atomic E-state index is -2.56. The van der Waals surface area contributed by atoms with Crippen molar-refractivity contribution in [2.75, 3.05) is 0 Å². The molecule has 0 saturated carbocycles. The molecule has 1 nitrogen and oxygen atoms in total. The Bertz CT molecular complexity index is 836. The van der Waals surface area contributed by atoms with Gasteiger partial charge in [-0.1, -0.05) is 102 Å². The molecule has 3 heteroatoms. The summed E-state index contributed by atoms with van der Waals surface area (Å²) in [5.41, 5.74) is 3.54. The Balaban J connectivity index is 0.000000564. The molecule has 182 valence electrons. The number of alkyl halides is 2. The highest BCUT2D eigenvalue weighted by Crippen LogP contribution is 2.34. The van der Waals surface area contributed by atoms with E-state index in [4.69, 9.17) is 0 Å². The van der Waals surface area contributed by atoms with Crippen molar-refractivity contribution in [3.8, 4) is 11.8 Å². The monoisotopic (exact) mass is 456 g/mol. The van der Waals surface area contributed by atoms with Gasteiger partial charge in [0, 0.05) is 23.5 Å². The van der Waals surface area contributed by atoms with Gasteiger partial charge in [0.1, 0.15) is 0 Å². The van der Waals surface area contributed by atoms with E-state index in [0.29, 0.717) is 19.3 Å². The number of hydrogen-bond acceptors (Lipinski definition) is 1. The first kappa shape index (κ1) is 30.6. The SMILES string of the molecule is C=C/C1=C(\C=C)CC(O)c2ccccc2C#C1.CC.CC.CCC1CCCC/C=C\C1(F)F. The normalized spacial score (nSPS) is 23.6. The Morgan fingerprint density at radius 3 is 2.33 bits per heavy atom. The van der Waals surface area contributed by atoms with Crippen molar-refractivity contribution < 1.29 is 13.9 Å². The summed E-state index contributed by atoms with van der Waals surface area (Å²) >= 11 is 0. The summed E-state index contributed by atoms with van der Waals surface area (Å²) in [7, 11) is 0. The first-order valence-electron chi connectivity index (χ1n) is 12.3. The van der Waals surface area contributed by atoms with Crippen LogP contribution >= 0.6 is 0 Å². The van der Waals surface area contributed by atoms with Gasteiger partial charge in [0.2, 0.25) is 0 Å². The maximum atomic E-state index is 13.2. The molecule has 0 spiro atoms. The summed E-state index contributed by atoms with van der Waals surface area (Å²) in [5, 5.41) is 10.2. The van der Waals surface area contributed by atoms with E-state index in [-0.39, 0.29) is 0 Å². The number of benzene rings is 1. The van der Waals surface area contributed by atoms with Crippen LogP contribution in [0, 0.1) is 17.8 Å². The van der Waals surface area contributed by atoms with Gasteiger partial charge in [-0.3, -0.25) is 0 Å². The van der Waals surface area contributed by atoms with Gasteiger partial charge in [-0.15, -0.1) is 0 Å². The van der Waals surface area contributed by atoms with Crippen molar-refractivity contribution in [3.05, 3.63) is 84.0 Å². The van der Waals surface area contributed by atoms with Crippen molar-refractivity contribution in [1.29, 1.82) is 0 Å². The van der Waals surface area contributed by atoms with E-state index in [1.165, 1.54) is 0 Å². The predicted molar refractivity (Wildman–Crippen MR) is 139 cm³/mol. The molecule has 0 fully saturated rings. The van der Waals surface area contributed by atoms with Crippen LogP contribution < -0.4 is 0 Å². The van der Waals surface area contributed by atoms with E-state index in [1.54, 1.807) is 18.2 Å². The first-order valence-corrected chi connectivity index (χ1v) is 12.3. The van der Waals surface area contributed by atoms with Gasteiger partial charge in [-0.05, 0) is 49.0 Å². The second kappa shape index (κ2) is 17.1. The molecule has 3 rings (SSSR count). The number of hydrogen-bond donors (Lipinski definition) is 1. The van der Waals surface area contributed by atoms with E-state index in [1.807, 2.05) is 58.9 Å². The van der Waals surface area contributed by atoms with E-state index in [0.717, 1.165) is 47.6 Å². The lowest BCUT2D eigenvalue weighted by atomic mass is 9.90. The van der Waals surface area contributed by atoms with Crippen LogP contribution in [0.4, 0.5) is 8.78 Å². The smallest absolute Gasteiger partial charge is 0.269 e. The molecule has 0 aromatic heterocycles. The lowest BCUT2D eigenvalue weighted by Crippen LogP contribution is -2.26. The third-order valence-corrected chi connectivity index (χ3v) is 5.41. The highest BCUT2D eigenvalue weighted by atomic mass is 19.3. The average molecular weight is 457 g/mol. The van der Waals surface area contributed by atoms with Crippen LogP contribution in [-0.2, 0) is 0 Å². The molecule has 0 saturated heterocycles. The minimum absolute atomic E-state index is 0.436. The van der Waals surface area contributed by atoms with E-state index < -0.39 is 17.9 Å². The fraction of sp³-hybridized carbons (Fsp3) is 0.467. The van der Waals surface area contributed by atoms with Gasteiger partial charge in [0.15, 0.2) is 0 Å². The number of rotatable bonds is 3. The summed E-state index contributed by atoms with van der Waals surface area (Å²) < 4.78 is 26.4. The molecule has 0 bridgehead atoms. The largest absolute Gasteiger partial charge is 0.388 e. The highest BCUT2D eigenvalue weighted by Gasteiger charge is 2.35. The van der Waals surface area contributed by atoms with Crippen molar-refractivity contribution in [2.45, 2.75) is 85.2 Å². The summed E-state index contributed by atoms with van der Waals surface area (Å²) in [4.78, 5) is 0. The number of halogens is 2. The second-order valence-electron chi connectivity index (χ2n) is 7.37. The molecule has 1 aromatic rings. The lowest BCUT2D eigenvalue weighted by Gasteiger charge is -2.24. The standard InChI is InChI=1S/C16H14O.C10H16F2.2C2H6/c1-3-12-9-10-14-7-5-6-8-15(14)16(17)11-13(12)4-2;1-2-9-7-5-3-4-6-8-10(9,11)12;2*1-2/h3-8,16-17H,1-2,11H2;6,8-9H,2-5,7H2,1H3;2*1-2H3/b13-12-;8-6-;;. The zero-order chi connectivity index (χ0) is 25.3. The van der Waals surface area contributed by atoms with Crippen LogP contribution in [0.5, 0.6) is 0 Å². The highest BCUT2D eigenvalue weighted by molar-refractivity contribution is 5.53. The number of aliphatic hydroxyl groups excluding tert-OH is 1. The molecule has 1 aromatic carbocycles. The van der Waals surface area contributed by atoms with Crippen LogP contribution in [0.2, 0.25) is 0 Å². The molecule has 0 amide bonds. The van der Waals surface area contributed by atoms with Crippen molar-refractivity contribution in [2.24, 2.45) is 5.92 Å². The zero-order valence-electron chi connectivity index (χ0n) is 21.1. The Hall–Kier alpha value is -2.44. The summed E-state index contributed by atoms with van der Waals surface area (Å²) in [6.45, 7) is 17.3. The van der Waals surface area contributed by atoms with E-state index >= 15 is 0 Å². The van der Waals surface area contributed by atoms with Gasteiger partial charge in [0.25, 0.3) is 5.92 Å². The first-order chi connectivity index (χ1) is 15.9. The van der Waals surface area contributed by atoms with Crippen molar-refractivity contribution in [3.63, 3.8) is 0 Å². The summed E-state index contributed by atoms with van der Waals surface area (Å²) in [5.74, 6) is 3.16. The topological polar surface area (TPSA) is 20.2 Å². The Labute approximate surface area is 201 Å². The van der Waals surface area contributed by atoms with Gasteiger partial charge in [-0.25, -0.2) is 8.78 Å². The Kier molecular flexibility index (Phi) is 15.8. The minimum Gasteiger partial charge on any atom is -0.388 e. The quantitative estimate of drug-likeness (QED) is 0.355. The van der Waals surface area contributed by atoms with E-state index in [9.17, 15) is 13.9 Å². The fourth-order valence-electron chi connectivity index (χ4n) is 3.62. The number of aliphatic hydroxyl groups is 1. The molecule has 1 N–H and O–H groups in total. The van der Waals surface area contributed by atoms with Crippen LogP contribution in [0.1, 0.15) is 90.4 Å². The lowest BCUT2D eigenvalue weighted by molar-refractivity contribution is -0.0167. The second-order valence-corrected chi connectivity index (χ2v) is 7.37. The molecular weight excluding hydrogens is 414 g/mol. The summed E-state index contributed by atoms with van der Waals surface area (Å²) in [6.07, 6.45) is 10.2. The van der Waals surface area contributed by atoms with Crippen LogP contribution in [0.3, 0.4) is 0 Å². The van der Waals surface area contributed by atoms with Crippen LogP contribution in [-0.4, -0.2) is 11.0 Å². The molecule has 2 aliphatic carbocycles. The maximum absolute atomic E-state index is 13.2. The molecule has 0 aliphatic heterocycles. The third-order valence-electron chi connectivity index (χ3n) is 5.41.